The first-order valence-electron chi connectivity index (χ1n) is 15.2. The van der Waals surface area contributed by atoms with Crippen LogP contribution in [0.3, 0.4) is 0 Å². The van der Waals surface area contributed by atoms with Crippen LogP contribution in [0.1, 0.15) is 64.1 Å². The van der Waals surface area contributed by atoms with Crippen molar-refractivity contribution in [2.45, 2.75) is 59.2 Å². The molecule has 1 N–H and O–H groups in total. The number of imidazole rings is 1. The summed E-state index contributed by atoms with van der Waals surface area (Å²) in [7, 11) is 0. The number of amides is 2. The van der Waals surface area contributed by atoms with E-state index in [-0.39, 0.29) is 42.9 Å². The summed E-state index contributed by atoms with van der Waals surface area (Å²) in [5.41, 5.74) is 4.03. The molecule has 1 fully saturated rings. The fourth-order valence-corrected chi connectivity index (χ4v) is 6.18. The average molecular weight is 598 g/mol. The van der Waals surface area contributed by atoms with Crippen molar-refractivity contribution in [2.75, 3.05) is 19.8 Å². The fraction of sp³-hybridized carbons (Fsp3) is 0.382. The minimum absolute atomic E-state index is 0.0844. The van der Waals surface area contributed by atoms with Gasteiger partial charge in [-0.05, 0) is 63.1 Å². The average Bonchev–Trinajstić information content (AvgIpc) is 3.46. The molecule has 0 unspecified atom stereocenters. The van der Waals surface area contributed by atoms with Gasteiger partial charge in [0.2, 0.25) is 0 Å². The molecule has 0 aliphatic carbocycles. The Labute approximate surface area is 255 Å². The number of aromatic nitrogens is 3. The molecule has 2 aliphatic rings. The third-order valence-electron chi connectivity index (χ3n) is 8.56. The number of aromatic hydroxyl groups is 1. The summed E-state index contributed by atoms with van der Waals surface area (Å²) in [6.45, 7) is 6.72. The highest BCUT2D eigenvalue weighted by molar-refractivity contribution is 6.21. The van der Waals surface area contributed by atoms with E-state index >= 15 is 0 Å². The molecule has 0 radical (unpaired) electrons. The zero-order chi connectivity index (χ0) is 30.8. The lowest BCUT2D eigenvalue weighted by Gasteiger charge is -2.21. The molecule has 2 aliphatic heterocycles. The minimum Gasteiger partial charge on any atom is -0.506 e. The molecule has 2 aromatic heterocycles. The number of imide groups is 1. The van der Waals surface area contributed by atoms with Crippen LogP contribution in [0.5, 0.6) is 11.5 Å². The Morgan fingerprint density at radius 3 is 2.50 bits per heavy atom. The molecule has 2 amide bonds. The van der Waals surface area contributed by atoms with Crippen molar-refractivity contribution in [3.63, 3.8) is 0 Å². The van der Waals surface area contributed by atoms with Gasteiger partial charge in [0, 0.05) is 43.7 Å². The normalized spacial score (nSPS) is 15.3. The lowest BCUT2D eigenvalue weighted by Crippen LogP contribution is -2.45. The number of ether oxygens (including phenoxy) is 2. The van der Waals surface area contributed by atoms with Gasteiger partial charge in [-0.1, -0.05) is 12.1 Å². The fourth-order valence-electron chi connectivity index (χ4n) is 6.18. The summed E-state index contributed by atoms with van der Waals surface area (Å²) in [5, 5.41) is 10.0. The minimum atomic E-state index is -0.284. The summed E-state index contributed by atoms with van der Waals surface area (Å²) < 4.78 is 15.9. The summed E-state index contributed by atoms with van der Waals surface area (Å²) in [6.07, 6.45) is 2.42. The molecule has 10 nitrogen and oxygen atoms in total. The second-order valence-corrected chi connectivity index (χ2v) is 11.5. The molecular weight excluding hydrogens is 560 g/mol. The highest BCUT2D eigenvalue weighted by Crippen LogP contribution is 2.28. The Bertz CT molecular complexity index is 1700. The first-order chi connectivity index (χ1) is 21.3. The number of benzene rings is 2. The highest BCUT2D eigenvalue weighted by atomic mass is 16.5. The van der Waals surface area contributed by atoms with Crippen molar-refractivity contribution >= 4 is 28.6 Å². The van der Waals surface area contributed by atoms with E-state index in [0.717, 1.165) is 55.2 Å². The maximum atomic E-state index is 13.3. The second-order valence-electron chi connectivity index (χ2n) is 11.5. The molecule has 10 heteroatoms. The summed E-state index contributed by atoms with van der Waals surface area (Å²) in [6, 6.07) is 16.0. The van der Waals surface area contributed by atoms with Crippen molar-refractivity contribution in [3.05, 3.63) is 82.9 Å². The lowest BCUT2D eigenvalue weighted by atomic mass is 10.0. The third kappa shape index (κ3) is 5.81. The maximum absolute atomic E-state index is 13.3. The van der Waals surface area contributed by atoms with E-state index in [1.54, 1.807) is 36.4 Å². The Balaban J connectivity index is 1.26. The van der Waals surface area contributed by atoms with Crippen molar-refractivity contribution in [1.82, 2.24) is 14.5 Å². The summed E-state index contributed by atoms with van der Waals surface area (Å²) >= 11 is 0. The molecule has 44 heavy (non-hydrogen) atoms. The van der Waals surface area contributed by atoms with Crippen molar-refractivity contribution in [1.29, 1.82) is 0 Å². The van der Waals surface area contributed by atoms with E-state index < -0.39 is 0 Å². The predicted octanol–water partition coefficient (Wildman–Crippen LogP) is 4.16. The van der Waals surface area contributed by atoms with Gasteiger partial charge >= 0.3 is 0 Å². The monoisotopic (exact) mass is 597 g/mol. The molecular formula is C34H37N4O6+. The lowest BCUT2D eigenvalue weighted by molar-refractivity contribution is -0.687. The van der Waals surface area contributed by atoms with Crippen LogP contribution in [0.15, 0.2) is 54.6 Å². The van der Waals surface area contributed by atoms with Gasteiger partial charge in [0.15, 0.2) is 16.8 Å². The van der Waals surface area contributed by atoms with Crippen molar-refractivity contribution in [3.8, 4) is 11.5 Å². The zero-order valence-electron chi connectivity index (χ0n) is 25.1. The molecule has 228 valence electrons. The Morgan fingerprint density at radius 2 is 1.80 bits per heavy atom. The number of aryl methyl sites for hydroxylation is 3. The Hall–Kier alpha value is -4.57. The predicted molar refractivity (Wildman–Crippen MR) is 161 cm³/mol. The maximum Gasteiger partial charge on any atom is 0.277 e. The standard InChI is InChI=1S/C34H36N4O6/c1-3-36-30-18-25(44-21-24(39)9-11-28-31(40)13-8-22(2)35-28)10-12-29(30)37(19-23-14-16-43-17-15-23)32(36)20-38-33(41)26-6-4-5-7-27(26)34(38)42/h4-8,10,12-13,18,23H,3,9,11,14-17,19-21H2,1-2H3/p+1. The van der Waals surface area contributed by atoms with E-state index in [4.69, 9.17) is 9.47 Å². The molecule has 0 atom stereocenters. The number of ketones is 1. The smallest absolute Gasteiger partial charge is 0.277 e. The molecule has 2 aromatic carbocycles. The Kier molecular flexibility index (Phi) is 8.43. The number of fused-ring (bicyclic) bond motifs is 2. The van der Waals surface area contributed by atoms with E-state index in [1.165, 1.54) is 4.90 Å². The van der Waals surface area contributed by atoms with Gasteiger partial charge in [-0.15, -0.1) is 0 Å². The van der Waals surface area contributed by atoms with Gasteiger partial charge in [-0.2, -0.15) is 0 Å². The molecule has 0 bridgehead atoms. The molecule has 6 rings (SSSR count). The topological polar surface area (TPSA) is 115 Å². The van der Waals surface area contributed by atoms with Crippen LogP contribution in [0.2, 0.25) is 0 Å². The van der Waals surface area contributed by atoms with Gasteiger partial charge in [-0.3, -0.25) is 24.3 Å². The zero-order valence-corrected chi connectivity index (χ0v) is 25.1. The molecule has 0 spiro atoms. The van der Waals surface area contributed by atoms with E-state index in [9.17, 15) is 19.5 Å². The van der Waals surface area contributed by atoms with E-state index in [2.05, 4.69) is 14.1 Å². The van der Waals surface area contributed by atoms with Crippen LogP contribution in [-0.2, 0) is 35.6 Å². The first kappa shape index (κ1) is 29.5. The number of Topliss-reactive ketones (excluding diaryl/α,β-unsaturated/α-hetero) is 1. The van der Waals surface area contributed by atoms with Gasteiger partial charge in [0.05, 0.1) is 29.9 Å². The third-order valence-corrected chi connectivity index (χ3v) is 8.56. The molecule has 4 heterocycles. The number of carbonyl (C=O) groups is 3. The van der Waals surface area contributed by atoms with Crippen LogP contribution in [-0.4, -0.2) is 57.0 Å². The SMILES string of the molecule is CCn1c(CN2C(=O)c3ccccc3C2=O)[n+](CC2CCOCC2)c2ccc(OCC(=O)CCc3nc(C)ccc3O)cc21. The van der Waals surface area contributed by atoms with E-state index in [1.807, 2.05) is 32.0 Å². The number of nitrogens with zero attached hydrogens (tertiary/aromatic N) is 4. The summed E-state index contributed by atoms with van der Waals surface area (Å²) in [5.74, 6) is 1.24. The summed E-state index contributed by atoms with van der Waals surface area (Å²) in [4.78, 5) is 45.0. The molecule has 0 saturated carbocycles. The van der Waals surface area contributed by atoms with Gasteiger partial charge < -0.3 is 14.6 Å². The van der Waals surface area contributed by atoms with Crippen LogP contribution in [0.4, 0.5) is 0 Å². The first-order valence-corrected chi connectivity index (χ1v) is 15.2. The van der Waals surface area contributed by atoms with Crippen LogP contribution < -0.4 is 9.30 Å². The van der Waals surface area contributed by atoms with E-state index in [0.29, 0.717) is 41.5 Å². The number of carbonyl (C=O) groups excluding carboxylic acids is 3. The molecule has 4 aromatic rings. The highest BCUT2D eigenvalue weighted by Gasteiger charge is 2.39. The van der Waals surface area contributed by atoms with Crippen LogP contribution >= 0.6 is 0 Å². The van der Waals surface area contributed by atoms with Crippen molar-refractivity contribution in [2.24, 2.45) is 5.92 Å². The Morgan fingerprint density at radius 1 is 1.07 bits per heavy atom. The molecule has 1 saturated heterocycles. The van der Waals surface area contributed by atoms with Gasteiger partial charge in [-0.25, -0.2) is 9.13 Å². The van der Waals surface area contributed by atoms with Crippen molar-refractivity contribution < 1.29 is 33.5 Å². The van der Waals surface area contributed by atoms with Gasteiger partial charge in [0.25, 0.3) is 17.6 Å². The number of hydrogen-bond acceptors (Lipinski definition) is 7. The van der Waals surface area contributed by atoms with Crippen LogP contribution in [0.25, 0.3) is 11.0 Å². The number of hydrogen-bond donors (Lipinski definition) is 1. The second kappa shape index (κ2) is 12.6. The van der Waals surface area contributed by atoms with Gasteiger partial charge in [0.1, 0.15) is 24.7 Å². The number of rotatable bonds is 11. The number of pyridine rings is 1. The van der Waals surface area contributed by atoms with Crippen LogP contribution in [0, 0.1) is 12.8 Å². The largest absolute Gasteiger partial charge is 0.506 e. The quantitative estimate of drug-likeness (QED) is 0.204.